The Morgan fingerprint density at radius 3 is 2.16 bits per heavy atom. The van der Waals surface area contributed by atoms with Crippen molar-refractivity contribution in [3.05, 3.63) is 34.5 Å². The molecule has 0 spiro atoms. The van der Waals surface area contributed by atoms with Gasteiger partial charge in [0.2, 0.25) is 0 Å². The number of aryl methyl sites for hydroxylation is 3. The molecule has 0 fully saturated rings. The lowest BCUT2D eigenvalue weighted by atomic mass is 9.99. The molecule has 102 valence electrons. The van der Waals surface area contributed by atoms with Crippen molar-refractivity contribution in [3.63, 3.8) is 0 Å². The van der Waals surface area contributed by atoms with Crippen LogP contribution in [0.15, 0.2) is 12.1 Å². The molecule has 1 heterocycles. The van der Waals surface area contributed by atoms with Crippen LogP contribution in [0.3, 0.4) is 0 Å². The number of hydrogen-bond acceptors (Lipinski definition) is 3. The molecule has 0 bridgehead atoms. The molecule has 2 aromatic rings. The molecule has 0 aliphatic rings. The maximum atomic E-state index is 9.82. The lowest BCUT2D eigenvalue weighted by molar-refractivity contribution is -0.0979. The van der Waals surface area contributed by atoms with Crippen LogP contribution in [-0.2, 0) is 11.8 Å². The van der Waals surface area contributed by atoms with E-state index in [4.69, 9.17) is 4.79 Å². The van der Waals surface area contributed by atoms with Crippen molar-refractivity contribution in [1.29, 1.82) is 0 Å². The van der Waals surface area contributed by atoms with Crippen LogP contribution in [0.1, 0.15) is 22.4 Å². The third-order valence-electron chi connectivity index (χ3n) is 3.43. The summed E-state index contributed by atoms with van der Waals surface area (Å²) < 4.78 is 1.88. The number of benzene rings is 1. The van der Waals surface area contributed by atoms with Crippen molar-refractivity contribution in [2.45, 2.75) is 27.7 Å². The highest BCUT2D eigenvalue weighted by molar-refractivity contribution is 5.69. The SMILES string of the molecule is C=O.Cc1cc(C)c(-c2nn(C)c(C)c2C)cc1O. The molecule has 4 heteroatoms. The Morgan fingerprint density at radius 1 is 1.11 bits per heavy atom. The zero-order valence-corrected chi connectivity index (χ0v) is 12.1. The summed E-state index contributed by atoms with van der Waals surface area (Å²) in [6.45, 7) is 10.1. The molecule has 0 unspecified atom stereocenters. The fourth-order valence-corrected chi connectivity index (χ4v) is 2.07. The van der Waals surface area contributed by atoms with E-state index in [0.29, 0.717) is 5.75 Å². The monoisotopic (exact) mass is 260 g/mol. The van der Waals surface area contributed by atoms with Gasteiger partial charge in [-0.15, -0.1) is 0 Å². The van der Waals surface area contributed by atoms with Crippen LogP contribution in [0.4, 0.5) is 0 Å². The third-order valence-corrected chi connectivity index (χ3v) is 3.43. The summed E-state index contributed by atoms with van der Waals surface area (Å²) in [7, 11) is 1.94. The zero-order chi connectivity index (χ0) is 14.7. The fraction of sp³-hybridized carbons (Fsp3) is 0.333. The first kappa shape index (κ1) is 15.0. The van der Waals surface area contributed by atoms with E-state index in [0.717, 1.165) is 28.1 Å². The van der Waals surface area contributed by atoms with Crippen molar-refractivity contribution in [2.75, 3.05) is 0 Å². The number of aromatic nitrogens is 2. The highest BCUT2D eigenvalue weighted by Gasteiger charge is 2.14. The normalized spacial score (nSPS) is 9.95. The van der Waals surface area contributed by atoms with E-state index in [-0.39, 0.29) is 0 Å². The number of phenols is 1. The molecular formula is C15H20N2O2. The Bertz CT molecular complexity index is 601. The molecule has 19 heavy (non-hydrogen) atoms. The Hall–Kier alpha value is -2.10. The average Bonchev–Trinajstić information content (AvgIpc) is 2.64. The smallest absolute Gasteiger partial charge is 0.119 e. The Kier molecular flexibility index (Phi) is 4.48. The van der Waals surface area contributed by atoms with Gasteiger partial charge in [0, 0.05) is 18.3 Å². The van der Waals surface area contributed by atoms with Gasteiger partial charge < -0.3 is 9.90 Å². The van der Waals surface area contributed by atoms with Gasteiger partial charge in [-0.25, -0.2) is 0 Å². The molecule has 0 aliphatic carbocycles. The minimum Gasteiger partial charge on any atom is -0.508 e. The summed E-state index contributed by atoms with van der Waals surface area (Å²) in [6, 6.07) is 3.80. The lowest BCUT2D eigenvalue weighted by Gasteiger charge is -2.07. The second kappa shape index (κ2) is 5.69. The van der Waals surface area contributed by atoms with Crippen LogP contribution >= 0.6 is 0 Å². The van der Waals surface area contributed by atoms with Crippen LogP contribution in [0.2, 0.25) is 0 Å². The number of hydrogen-bond donors (Lipinski definition) is 1. The molecule has 1 aromatic heterocycles. The van der Waals surface area contributed by atoms with Gasteiger partial charge in [-0.1, -0.05) is 6.07 Å². The van der Waals surface area contributed by atoms with E-state index < -0.39 is 0 Å². The summed E-state index contributed by atoms with van der Waals surface area (Å²) >= 11 is 0. The summed E-state index contributed by atoms with van der Waals surface area (Å²) in [6.07, 6.45) is 0. The van der Waals surface area contributed by atoms with Gasteiger partial charge in [0.15, 0.2) is 0 Å². The van der Waals surface area contributed by atoms with Crippen molar-refractivity contribution < 1.29 is 9.90 Å². The van der Waals surface area contributed by atoms with Gasteiger partial charge in [0.1, 0.15) is 12.5 Å². The van der Waals surface area contributed by atoms with Crippen LogP contribution in [0, 0.1) is 27.7 Å². The Morgan fingerprint density at radius 2 is 1.68 bits per heavy atom. The van der Waals surface area contributed by atoms with E-state index in [2.05, 4.69) is 18.9 Å². The van der Waals surface area contributed by atoms with Gasteiger partial charge >= 0.3 is 0 Å². The predicted octanol–water partition coefficient (Wildman–Crippen LogP) is 2.84. The van der Waals surface area contributed by atoms with Crippen molar-refractivity contribution in [3.8, 4) is 17.0 Å². The highest BCUT2D eigenvalue weighted by atomic mass is 16.3. The minimum absolute atomic E-state index is 0.327. The molecular weight excluding hydrogens is 240 g/mol. The Labute approximate surface area is 113 Å². The molecule has 4 nitrogen and oxygen atoms in total. The van der Waals surface area contributed by atoms with E-state index >= 15 is 0 Å². The summed E-state index contributed by atoms with van der Waals surface area (Å²) in [5, 5.41) is 14.3. The maximum Gasteiger partial charge on any atom is 0.119 e. The molecule has 2 rings (SSSR count). The fourth-order valence-electron chi connectivity index (χ4n) is 2.07. The molecule has 0 aliphatic heterocycles. The summed E-state index contributed by atoms with van der Waals surface area (Å²) in [4.78, 5) is 8.00. The second-order valence-corrected chi connectivity index (χ2v) is 4.64. The number of rotatable bonds is 1. The lowest BCUT2D eigenvalue weighted by Crippen LogP contribution is -1.93. The predicted molar refractivity (Wildman–Crippen MR) is 76.4 cm³/mol. The maximum absolute atomic E-state index is 9.82. The first-order chi connectivity index (χ1) is 8.91. The topological polar surface area (TPSA) is 55.1 Å². The van der Waals surface area contributed by atoms with Crippen LogP contribution in [0.5, 0.6) is 5.75 Å². The molecule has 1 N–H and O–H groups in total. The number of carbonyl (C=O) groups excluding carboxylic acids is 1. The van der Waals surface area contributed by atoms with Gasteiger partial charge in [-0.2, -0.15) is 5.10 Å². The number of phenolic OH excluding ortho intramolecular Hbond substituents is 1. The molecule has 0 radical (unpaired) electrons. The van der Waals surface area contributed by atoms with Gasteiger partial charge in [-0.3, -0.25) is 4.68 Å². The van der Waals surface area contributed by atoms with E-state index in [9.17, 15) is 5.11 Å². The van der Waals surface area contributed by atoms with Crippen LogP contribution in [-0.4, -0.2) is 21.7 Å². The zero-order valence-electron chi connectivity index (χ0n) is 12.1. The first-order valence-corrected chi connectivity index (χ1v) is 6.01. The Balaban J connectivity index is 0.000000861. The van der Waals surface area contributed by atoms with Crippen molar-refractivity contribution in [2.24, 2.45) is 7.05 Å². The summed E-state index contributed by atoms with van der Waals surface area (Å²) in [5.74, 6) is 0.327. The van der Waals surface area contributed by atoms with Gasteiger partial charge in [0.25, 0.3) is 0 Å². The molecule has 0 atom stereocenters. The molecule has 0 saturated carbocycles. The largest absolute Gasteiger partial charge is 0.508 e. The molecule has 0 saturated heterocycles. The minimum atomic E-state index is 0.327. The highest BCUT2D eigenvalue weighted by Crippen LogP contribution is 2.31. The van der Waals surface area contributed by atoms with E-state index in [1.165, 1.54) is 5.56 Å². The average molecular weight is 260 g/mol. The number of carbonyl (C=O) groups is 1. The van der Waals surface area contributed by atoms with E-state index in [1.807, 2.05) is 38.4 Å². The number of aromatic hydroxyl groups is 1. The van der Waals surface area contributed by atoms with Gasteiger partial charge in [-0.05, 0) is 50.5 Å². The third kappa shape index (κ3) is 2.67. The number of nitrogens with zero attached hydrogens (tertiary/aromatic N) is 2. The van der Waals surface area contributed by atoms with Crippen molar-refractivity contribution >= 4 is 6.79 Å². The van der Waals surface area contributed by atoms with Gasteiger partial charge in [0.05, 0.1) is 5.69 Å². The molecule has 1 aromatic carbocycles. The quantitative estimate of drug-likeness (QED) is 0.857. The van der Waals surface area contributed by atoms with Crippen LogP contribution < -0.4 is 0 Å². The summed E-state index contributed by atoms with van der Waals surface area (Å²) in [5.41, 5.74) is 6.32. The molecule has 0 amide bonds. The first-order valence-electron chi connectivity index (χ1n) is 6.01. The standard InChI is InChI=1S/C14H18N2O.CH2O/c1-8-6-9(2)13(17)7-12(8)14-10(3)11(4)16(5)15-14;1-2/h6-7,17H,1-5H3;1H2. The van der Waals surface area contributed by atoms with Crippen LogP contribution in [0.25, 0.3) is 11.3 Å². The second-order valence-electron chi connectivity index (χ2n) is 4.64. The van der Waals surface area contributed by atoms with Crippen molar-refractivity contribution in [1.82, 2.24) is 9.78 Å². The van der Waals surface area contributed by atoms with E-state index in [1.54, 1.807) is 6.07 Å².